The minimum atomic E-state index is 0.991. The number of hydrogen-bond acceptors (Lipinski definition) is 1. The standard InChI is InChI=1S/C11H15N/c1-2-12-10-6-9-11-7-4-3-5-8-11/h3-8,10,12H,2,9H2,1H3. The van der Waals surface area contributed by atoms with Crippen molar-refractivity contribution in [1.82, 2.24) is 5.32 Å². The fraction of sp³-hybridized carbons (Fsp3) is 0.273. The molecule has 0 bridgehead atoms. The lowest BCUT2D eigenvalue weighted by atomic mass is 10.1. The molecule has 0 amide bonds. The molecule has 0 fully saturated rings. The van der Waals surface area contributed by atoms with Gasteiger partial charge in [0, 0.05) is 6.54 Å². The molecular weight excluding hydrogens is 146 g/mol. The molecule has 1 aromatic rings. The molecule has 1 N–H and O–H groups in total. The van der Waals surface area contributed by atoms with Crippen molar-refractivity contribution in [2.24, 2.45) is 0 Å². The maximum atomic E-state index is 3.14. The average molecular weight is 161 g/mol. The van der Waals surface area contributed by atoms with Crippen LogP contribution in [0.2, 0.25) is 0 Å². The molecule has 0 spiro atoms. The highest BCUT2D eigenvalue weighted by atomic mass is 14.8. The third kappa shape index (κ3) is 3.24. The van der Waals surface area contributed by atoms with Crippen LogP contribution in [-0.4, -0.2) is 6.54 Å². The summed E-state index contributed by atoms with van der Waals surface area (Å²) in [7, 11) is 0. The van der Waals surface area contributed by atoms with E-state index < -0.39 is 0 Å². The number of rotatable bonds is 4. The molecule has 1 heteroatoms. The molecule has 0 unspecified atom stereocenters. The lowest BCUT2D eigenvalue weighted by Crippen LogP contribution is -2.01. The van der Waals surface area contributed by atoms with Crippen molar-refractivity contribution in [3.05, 3.63) is 48.2 Å². The van der Waals surface area contributed by atoms with Crippen molar-refractivity contribution in [1.29, 1.82) is 0 Å². The average Bonchev–Trinajstić information content (AvgIpc) is 2.14. The molecule has 0 aromatic heterocycles. The molecule has 0 saturated carbocycles. The predicted octanol–water partition coefficient (Wildman–Crippen LogP) is 2.35. The van der Waals surface area contributed by atoms with E-state index in [-0.39, 0.29) is 0 Å². The van der Waals surface area contributed by atoms with Crippen molar-refractivity contribution in [2.45, 2.75) is 13.3 Å². The summed E-state index contributed by atoms with van der Waals surface area (Å²) in [5.41, 5.74) is 1.35. The summed E-state index contributed by atoms with van der Waals surface area (Å²) in [5, 5.41) is 3.14. The highest BCUT2D eigenvalue weighted by molar-refractivity contribution is 5.17. The molecule has 64 valence electrons. The Morgan fingerprint density at radius 2 is 2.00 bits per heavy atom. The zero-order valence-corrected chi connectivity index (χ0v) is 7.46. The number of nitrogens with one attached hydrogen (secondary N) is 1. The Bertz CT molecular complexity index is 226. The van der Waals surface area contributed by atoms with Crippen LogP contribution in [0, 0.1) is 0 Å². The molecule has 0 radical (unpaired) electrons. The number of hydrogen-bond donors (Lipinski definition) is 1. The minimum absolute atomic E-state index is 0.991. The molecule has 1 rings (SSSR count). The van der Waals surface area contributed by atoms with Crippen LogP contribution in [0.25, 0.3) is 0 Å². The molecule has 12 heavy (non-hydrogen) atoms. The number of allylic oxidation sites excluding steroid dienone is 1. The summed E-state index contributed by atoms with van der Waals surface area (Å²) in [6.45, 7) is 3.08. The lowest BCUT2D eigenvalue weighted by Gasteiger charge is -1.94. The Balaban J connectivity index is 2.33. The van der Waals surface area contributed by atoms with Crippen LogP contribution in [0.5, 0.6) is 0 Å². The Kier molecular flexibility index (Phi) is 4.00. The largest absolute Gasteiger partial charge is 0.391 e. The highest BCUT2D eigenvalue weighted by Crippen LogP contribution is 1.99. The van der Waals surface area contributed by atoms with Gasteiger partial charge in [0.15, 0.2) is 0 Å². The summed E-state index contributed by atoms with van der Waals surface area (Å²) in [4.78, 5) is 0. The van der Waals surface area contributed by atoms with Crippen LogP contribution in [0.4, 0.5) is 0 Å². The van der Waals surface area contributed by atoms with Gasteiger partial charge in [-0.25, -0.2) is 0 Å². The summed E-state index contributed by atoms with van der Waals surface area (Å²) in [5.74, 6) is 0. The Morgan fingerprint density at radius 3 is 2.67 bits per heavy atom. The first kappa shape index (κ1) is 8.85. The van der Waals surface area contributed by atoms with Gasteiger partial charge in [0.2, 0.25) is 0 Å². The van der Waals surface area contributed by atoms with E-state index in [1.165, 1.54) is 5.56 Å². The maximum absolute atomic E-state index is 3.14. The van der Waals surface area contributed by atoms with Gasteiger partial charge in [-0.3, -0.25) is 0 Å². The van der Waals surface area contributed by atoms with Crippen LogP contribution in [0.1, 0.15) is 12.5 Å². The first-order valence-electron chi connectivity index (χ1n) is 4.36. The summed E-state index contributed by atoms with van der Waals surface area (Å²) in [6, 6.07) is 10.4. The SMILES string of the molecule is CCNC=CCc1ccccc1. The van der Waals surface area contributed by atoms with E-state index in [1.807, 2.05) is 12.3 Å². The highest BCUT2D eigenvalue weighted by Gasteiger charge is 1.84. The van der Waals surface area contributed by atoms with Crippen molar-refractivity contribution in [3.8, 4) is 0 Å². The molecule has 0 aliphatic carbocycles. The van der Waals surface area contributed by atoms with Crippen molar-refractivity contribution >= 4 is 0 Å². The molecule has 0 heterocycles. The first-order valence-corrected chi connectivity index (χ1v) is 4.36. The van der Waals surface area contributed by atoms with Crippen LogP contribution >= 0.6 is 0 Å². The van der Waals surface area contributed by atoms with E-state index in [1.54, 1.807) is 0 Å². The monoisotopic (exact) mass is 161 g/mol. The van der Waals surface area contributed by atoms with Crippen molar-refractivity contribution in [3.63, 3.8) is 0 Å². The summed E-state index contributed by atoms with van der Waals surface area (Å²) >= 11 is 0. The fourth-order valence-electron chi connectivity index (χ4n) is 1.01. The van der Waals surface area contributed by atoms with Crippen LogP contribution in [0.15, 0.2) is 42.6 Å². The van der Waals surface area contributed by atoms with Gasteiger partial charge >= 0.3 is 0 Å². The normalized spacial score (nSPS) is 10.4. The van der Waals surface area contributed by atoms with Gasteiger partial charge in [0.05, 0.1) is 0 Å². The van der Waals surface area contributed by atoms with Gasteiger partial charge in [-0.1, -0.05) is 36.4 Å². The fourth-order valence-corrected chi connectivity index (χ4v) is 1.01. The quantitative estimate of drug-likeness (QED) is 0.714. The predicted molar refractivity (Wildman–Crippen MR) is 53.0 cm³/mol. The third-order valence-corrected chi connectivity index (χ3v) is 1.64. The van der Waals surface area contributed by atoms with E-state index in [2.05, 4.69) is 42.6 Å². The minimum Gasteiger partial charge on any atom is -0.391 e. The van der Waals surface area contributed by atoms with E-state index in [0.717, 1.165) is 13.0 Å². The molecule has 0 aliphatic rings. The van der Waals surface area contributed by atoms with Gasteiger partial charge in [0.1, 0.15) is 0 Å². The van der Waals surface area contributed by atoms with Crippen LogP contribution < -0.4 is 5.32 Å². The van der Waals surface area contributed by atoms with E-state index >= 15 is 0 Å². The van der Waals surface area contributed by atoms with E-state index in [0.29, 0.717) is 0 Å². The molecular formula is C11H15N. The molecule has 1 nitrogen and oxygen atoms in total. The Hall–Kier alpha value is -1.24. The van der Waals surface area contributed by atoms with Gasteiger partial charge in [-0.2, -0.15) is 0 Å². The topological polar surface area (TPSA) is 12.0 Å². The van der Waals surface area contributed by atoms with Crippen molar-refractivity contribution < 1.29 is 0 Å². The molecule has 0 saturated heterocycles. The smallest absolute Gasteiger partial charge is 0.0112 e. The Labute approximate surface area is 74.1 Å². The van der Waals surface area contributed by atoms with E-state index in [4.69, 9.17) is 0 Å². The van der Waals surface area contributed by atoms with Gasteiger partial charge in [0.25, 0.3) is 0 Å². The second-order valence-electron chi connectivity index (χ2n) is 2.65. The molecule has 0 atom stereocenters. The molecule has 1 aromatic carbocycles. The lowest BCUT2D eigenvalue weighted by molar-refractivity contribution is 0.913. The second-order valence-corrected chi connectivity index (χ2v) is 2.65. The first-order chi connectivity index (χ1) is 5.93. The van der Waals surface area contributed by atoms with Gasteiger partial charge < -0.3 is 5.32 Å². The zero-order valence-electron chi connectivity index (χ0n) is 7.46. The van der Waals surface area contributed by atoms with Crippen LogP contribution in [0.3, 0.4) is 0 Å². The van der Waals surface area contributed by atoms with Crippen LogP contribution in [-0.2, 0) is 6.42 Å². The summed E-state index contributed by atoms with van der Waals surface area (Å²) < 4.78 is 0. The van der Waals surface area contributed by atoms with Crippen molar-refractivity contribution in [2.75, 3.05) is 6.54 Å². The van der Waals surface area contributed by atoms with Gasteiger partial charge in [-0.15, -0.1) is 0 Å². The van der Waals surface area contributed by atoms with E-state index in [9.17, 15) is 0 Å². The molecule has 0 aliphatic heterocycles. The third-order valence-electron chi connectivity index (χ3n) is 1.64. The van der Waals surface area contributed by atoms with Gasteiger partial charge in [-0.05, 0) is 25.1 Å². The second kappa shape index (κ2) is 5.42. The maximum Gasteiger partial charge on any atom is 0.0112 e. The summed E-state index contributed by atoms with van der Waals surface area (Å²) in [6.07, 6.45) is 5.15. The zero-order chi connectivity index (χ0) is 8.65. The number of benzene rings is 1. The Morgan fingerprint density at radius 1 is 1.25 bits per heavy atom.